The van der Waals surface area contributed by atoms with Gasteiger partial charge in [0.1, 0.15) is 0 Å². The Morgan fingerprint density at radius 2 is 2.00 bits per heavy atom. The lowest BCUT2D eigenvalue weighted by molar-refractivity contribution is -0.174. The highest BCUT2D eigenvalue weighted by Crippen LogP contribution is 2.19. The molecular formula is C13H14F3NO2. The van der Waals surface area contributed by atoms with Gasteiger partial charge in [-0.2, -0.15) is 13.2 Å². The molecule has 1 atom stereocenters. The summed E-state index contributed by atoms with van der Waals surface area (Å²) in [6, 6.07) is 7.48. The third-order valence-corrected chi connectivity index (χ3v) is 2.28. The average Bonchev–Trinajstić information content (AvgIpc) is 2.37. The van der Waals surface area contributed by atoms with Crippen LogP contribution in [0.3, 0.4) is 0 Å². The van der Waals surface area contributed by atoms with Gasteiger partial charge in [0.15, 0.2) is 0 Å². The van der Waals surface area contributed by atoms with Gasteiger partial charge in [-0.05, 0) is 5.56 Å². The van der Waals surface area contributed by atoms with Crippen molar-refractivity contribution < 1.29 is 22.7 Å². The minimum atomic E-state index is -4.91. The molecule has 104 valence electrons. The molecule has 0 spiro atoms. The largest absolute Gasteiger partial charge is 0.471 e. The Hall–Kier alpha value is -1.82. The maximum absolute atomic E-state index is 12.2. The number of carbonyl (C=O) groups excluding carboxylic acids is 1. The van der Waals surface area contributed by atoms with E-state index in [2.05, 4.69) is 6.58 Å². The van der Waals surface area contributed by atoms with E-state index in [1.165, 1.54) is 6.08 Å². The van der Waals surface area contributed by atoms with Crippen LogP contribution in [0.1, 0.15) is 11.6 Å². The summed E-state index contributed by atoms with van der Waals surface area (Å²) in [4.78, 5) is 11.0. The lowest BCUT2D eigenvalue weighted by Crippen LogP contribution is -2.40. The van der Waals surface area contributed by atoms with E-state index in [9.17, 15) is 18.0 Å². The van der Waals surface area contributed by atoms with Gasteiger partial charge in [-0.1, -0.05) is 36.4 Å². The van der Waals surface area contributed by atoms with Crippen LogP contribution in [0.2, 0.25) is 0 Å². The van der Waals surface area contributed by atoms with Crippen molar-refractivity contribution in [3.05, 3.63) is 48.6 Å². The van der Waals surface area contributed by atoms with Crippen LogP contribution in [-0.4, -0.2) is 25.3 Å². The predicted octanol–water partition coefficient (Wildman–Crippen LogP) is 2.61. The van der Waals surface area contributed by atoms with E-state index in [4.69, 9.17) is 4.74 Å². The zero-order chi connectivity index (χ0) is 14.3. The molecule has 1 rings (SSSR count). The highest BCUT2D eigenvalue weighted by molar-refractivity contribution is 5.82. The first kappa shape index (κ1) is 15.2. The standard InChI is InChI=1S/C13H14F3NO2/c1-2-8-19-9-11(10-6-4-3-5-7-10)17-12(18)13(14,15)16/h2-7,11H,1,8-9H2,(H,17,18). The maximum atomic E-state index is 12.2. The van der Waals surface area contributed by atoms with Crippen LogP contribution in [0.5, 0.6) is 0 Å². The molecule has 1 N–H and O–H groups in total. The monoisotopic (exact) mass is 273 g/mol. The number of rotatable bonds is 6. The average molecular weight is 273 g/mol. The van der Waals surface area contributed by atoms with Gasteiger partial charge in [0.05, 0.1) is 19.3 Å². The third-order valence-electron chi connectivity index (χ3n) is 2.28. The molecule has 1 aromatic carbocycles. The summed E-state index contributed by atoms with van der Waals surface area (Å²) in [6.07, 6.45) is -3.43. The van der Waals surface area contributed by atoms with Crippen LogP contribution in [-0.2, 0) is 9.53 Å². The van der Waals surface area contributed by atoms with Crippen molar-refractivity contribution in [3.8, 4) is 0 Å². The minimum absolute atomic E-state index is 0.0577. The summed E-state index contributed by atoms with van der Waals surface area (Å²) in [7, 11) is 0. The molecule has 0 aromatic heterocycles. The molecule has 0 bridgehead atoms. The van der Waals surface area contributed by atoms with E-state index >= 15 is 0 Å². The van der Waals surface area contributed by atoms with Gasteiger partial charge in [0, 0.05) is 0 Å². The number of ether oxygens (including phenoxy) is 1. The zero-order valence-electron chi connectivity index (χ0n) is 10.1. The molecule has 0 saturated carbocycles. The van der Waals surface area contributed by atoms with Crippen molar-refractivity contribution in [1.82, 2.24) is 5.32 Å². The second kappa shape index (κ2) is 6.94. The summed E-state index contributed by atoms with van der Waals surface area (Å²) in [5.41, 5.74) is 0.546. The number of hydrogen-bond acceptors (Lipinski definition) is 2. The number of amides is 1. The van der Waals surface area contributed by atoms with Gasteiger partial charge in [-0.25, -0.2) is 0 Å². The number of halogens is 3. The molecule has 0 radical (unpaired) electrons. The third kappa shape index (κ3) is 5.13. The highest BCUT2D eigenvalue weighted by Gasteiger charge is 2.39. The van der Waals surface area contributed by atoms with Gasteiger partial charge in [0.2, 0.25) is 0 Å². The summed E-state index contributed by atoms with van der Waals surface area (Å²) in [6.45, 7) is 3.58. The SMILES string of the molecule is C=CCOCC(NC(=O)C(F)(F)F)c1ccccc1. The first-order chi connectivity index (χ1) is 8.95. The molecule has 1 aromatic rings. The van der Waals surface area contributed by atoms with Crippen molar-refractivity contribution in [2.45, 2.75) is 12.2 Å². The smallest absolute Gasteiger partial charge is 0.375 e. The van der Waals surface area contributed by atoms with Gasteiger partial charge in [-0.3, -0.25) is 4.79 Å². The predicted molar refractivity (Wildman–Crippen MR) is 64.4 cm³/mol. The second-order valence-electron chi connectivity index (χ2n) is 3.76. The number of alkyl halides is 3. The van der Waals surface area contributed by atoms with Gasteiger partial charge >= 0.3 is 12.1 Å². The fourth-order valence-electron chi connectivity index (χ4n) is 1.42. The summed E-state index contributed by atoms with van der Waals surface area (Å²) in [5, 5.41) is 1.91. The molecule has 0 aliphatic rings. The first-order valence-electron chi connectivity index (χ1n) is 5.56. The topological polar surface area (TPSA) is 38.3 Å². The lowest BCUT2D eigenvalue weighted by atomic mass is 10.1. The molecule has 0 heterocycles. The van der Waals surface area contributed by atoms with Crippen molar-refractivity contribution in [3.63, 3.8) is 0 Å². The molecule has 6 heteroatoms. The molecule has 0 aliphatic heterocycles. The molecular weight excluding hydrogens is 259 g/mol. The number of benzene rings is 1. The van der Waals surface area contributed by atoms with Gasteiger partial charge in [0.25, 0.3) is 0 Å². The second-order valence-corrected chi connectivity index (χ2v) is 3.76. The van der Waals surface area contributed by atoms with Crippen molar-refractivity contribution in [2.24, 2.45) is 0 Å². The number of carbonyl (C=O) groups is 1. The fourth-order valence-corrected chi connectivity index (χ4v) is 1.42. The summed E-state index contributed by atoms with van der Waals surface area (Å²) < 4.78 is 41.8. The number of hydrogen-bond donors (Lipinski definition) is 1. The van der Waals surface area contributed by atoms with E-state index in [-0.39, 0.29) is 13.2 Å². The van der Waals surface area contributed by atoms with Crippen LogP contribution in [0, 0.1) is 0 Å². The Kier molecular flexibility index (Phi) is 5.57. The van der Waals surface area contributed by atoms with Crippen LogP contribution in [0.15, 0.2) is 43.0 Å². The Morgan fingerprint density at radius 3 is 2.53 bits per heavy atom. The van der Waals surface area contributed by atoms with Crippen LogP contribution >= 0.6 is 0 Å². The maximum Gasteiger partial charge on any atom is 0.471 e. The van der Waals surface area contributed by atoms with Crippen molar-refractivity contribution in [1.29, 1.82) is 0 Å². The molecule has 19 heavy (non-hydrogen) atoms. The fraction of sp³-hybridized carbons (Fsp3) is 0.308. The molecule has 1 amide bonds. The van der Waals surface area contributed by atoms with Gasteiger partial charge < -0.3 is 10.1 Å². The van der Waals surface area contributed by atoms with E-state index in [0.717, 1.165) is 0 Å². The summed E-state index contributed by atoms with van der Waals surface area (Å²) >= 11 is 0. The summed E-state index contributed by atoms with van der Waals surface area (Å²) in [5.74, 6) is -1.98. The Labute approximate surface area is 109 Å². The lowest BCUT2D eigenvalue weighted by Gasteiger charge is -2.19. The number of nitrogens with one attached hydrogen (secondary N) is 1. The highest BCUT2D eigenvalue weighted by atomic mass is 19.4. The van der Waals surface area contributed by atoms with Crippen LogP contribution in [0.4, 0.5) is 13.2 Å². The normalized spacial score (nSPS) is 12.8. The van der Waals surface area contributed by atoms with E-state index in [0.29, 0.717) is 5.56 Å². The molecule has 3 nitrogen and oxygen atoms in total. The van der Waals surface area contributed by atoms with Crippen molar-refractivity contribution in [2.75, 3.05) is 13.2 Å². The first-order valence-corrected chi connectivity index (χ1v) is 5.56. The van der Waals surface area contributed by atoms with Crippen LogP contribution < -0.4 is 5.32 Å². The Morgan fingerprint density at radius 1 is 1.37 bits per heavy atom. The zero-order valence-corrected chi connectivity index (χ0v) is 10.1. The molecule has 0 saturated heterocycles. The van der Waals surface area contributed by atoms with E-state index in [1.807, 2.05) is 5.32 Å². The van der Waals surface area contributed by atoms with Crippen LogP contribution in [0.25, 0.3) is 0 Å². The van der Waals surface area contributed by atoms with E-state index in [1.54, 1.807) is 30.3 Å². The molecule has 0 fully saturated rings. The minimum Gasteiger partial charge on any atom is -0.375 e. The van der Waals surface area contributed by atoms with E-state index < -0.39 is 18.1 Å². The van der Waals surface area contributed by atoms with Gasteiger partial charge in [-0.15, -0.1) is 6.58 Å². The molecule has 1 unspecified atom stereocenters. The Balaban J connectivity index is 2.75. The Bertz CT molecular complexity index is 418. The van der Waals surface area contributed by atoms with Crippen molar-refractivity contribution >= 4 is 5.91 Å². The molecule has 0 aliphatic carbocycles. The quantitative estimate of drug-likeness (QED) is 0.639.